The number of nitrogens with zero attached hydrogens (tertiary/aromatic N) is 4. The van der Waals surface area contributed by atoms with Gasteiger partial charge in [-0.3, -0.25) is 9.59 Å². The Morgan fingerprint density at radius 2 is 0.741 bits per heavy atom. The molecule has 286 valence electrons. The number of fused-ring (bicyclic) bond motifs is 2. The van der Waals surface area contributed by atoms with Gasteiger partial charge in [-0.05, 0) is 61.1 Å². The SMILES string of the molecule is C[N+](C)(CCCCCC[N+](C)(C)CCCN1C(=O)c2ccccc2/C1=C\c1ccccc1)CCCN1C(=O)c2ccccc2/C1=C/c1ccccc1.[Br-].[Br-]. The molecule has 2 aliphatic heterocycles. The molecule has 0 radical (unpaired) electrons. The van der Waals surface area contributed by atoms with Crippen molar-refractivity contribution < 1.29 is 52.5 Å². The van der Waals surface area contributed by atoms with Gasteiger partial charge < -0.3 is 52.7 Å². The minimum atomic E-state index is 0. The molecular weight excluding hydrogens is 800 g/mol. The summed E-state index contributed by atoms with van der Waals surface area (Å²) >= 11 is 0. The van der Waals surface area contributed by atoms with Crippen LogP contribution in [-0.2, 0) is 0 Å². The summed E-state index contributed by atoms with van der Waals surface area (Å²) in [6, 6.07) is 36.6. The van der Waals surface area contributed by atoms with Crippen LogP contribution in [0.2, 0.25) is 0 Å². The van der Waals surface area contributed by atoms with E-state index in [4.69, 9.17) is 0 Å². The first-order valence-corrected chi connectivity index (χ1v) is 19.1. The van der Waals surface area contributed by atoms with Crippen molar-refractivity contribution >= 4 is 35.4 Å². The molecule has 4 aromatic rings. The number of halogens is 2. The Balaban J connectivity index is 0.00000325. The van der Waals surface area contributed by atoms with Gasteiger partial charge in [-0.15, -0.1) is 0 Å². The van der Waals surface area contributed by atoms with Crippen molar-refractivity contribution in [3.63, 3.8) is 0 Å². The fourth-order valence-electron chi connectivity index (χ4n) is 7.73. The summed E-state index contributed by atoms with van der Waals surface area (Å²) in [7, 11) is 9.30. The van der Waals surface area contributed by atoms with E-state index < -0.39 is 0 Å². The third-order valence-corrected chi connectivity index (χ3v) is 10.7. The predicted molar refractivity (Wildman–Crippen MR) is 215 cm³/mol. The zero-order valence-corrected chi connectivity index (χ0v) is 35.6. The smallest absolute Gasteiger partial charge is 0.258 e. The lowest BCUT2D eigenvalue weighted by atomic mass is 10.1. The zero-order valence-electron chi connectivity index (χ0n) is 32.4. The van der Waals surface area contributed by atoms with Crippen LogP contribution < -0.4 is 34.0 Å². The van der Waals surface area contributed by atoms with Crippen LogP contribution in [0.15, 0.2) is 109 Å². The lowest BCUT2D eigenvalue weighted by Gasteiger charge is -2.31. The van der Waals surface area contributed by atoms with Gasteiger partial charge in [0.15, 0.2) is 0 Å². The van der Waals surface area contributed by atoms with Crippen LogP contribution in [0.4, 0.5) is 0 Å². The second-order valence-electron chi connectivity index (χ2n) is 15.8. The molecule has 6 nitrogen and oxygen atoms in total. The fraction of sp³-hybridized carbons (Fsp3) is 0.348. The van der Waals surface area contributed by atoms with Crippen LogP contribution in [0.5, 0.6) is 0 Å². The predicted octanol–water partition coefficient (Wildman–Crippen LogP) is 2.80. The molecule has 54 heavy (non-hydrogen) atoms. The summed E-state index contributed by atoms with van der Waals surface area (Å²) in [5.74, 6) is 0.230. The third-order valence-electron chi connectivity index (χ3n) is 10.7. The van der Waals surface area contributed by atoms with E-state index in [9.17, 15) is 9.59 Å². The second-order valence-corrected chi connectivity index (χ2v) is 15.8. The summed E-state index contributed by atoms with van der Waals surface area (Å²) in [5.41, 5.74) is 7.92. The molecule has 6 rings (SSSR count). The van der Waals surface area contributed by atoms with Crippen molar-refractivity contribution in [3.8, 4) is 0 Å². The highest BCUT2D eigenvalue weighted by atomic mass is 79.9. The fourth-order valence-corrected chi connectivity index (χ4v) is 7.73. The largest absolute Gasteiger partial charge is 1.00 e. The Morgan fingerprint density at radius 3 is 1.11 bits per heavy atom. The van der Waals surface area contributed by atoms with Crippen LogP contribution in [0.25, 0.3) is 23.5 Å². The van der Waals surface area contributed by atoms with Gasteiger partial charge in [0.05, 0.1) is 65.8 Å². The first-order valence-electron chi connectivity index (χ1n) is 19.1. The number of carbonyl (C=O) groups excluding carboxylic acids is 2. The van der Waals surface area contributed by atoms with Gasteiger partial charge in [0.2, 0.25) is 0 Å². The van der Waals surface area contributed by atoms with E-state index in [-0.39, 0.29) is 45.8 Å². The normalized spacial score (nSPS) is 15.3. The summed E-state index contributed by atoms with van der Waals surface area (Å²) in [4.78, 5) is 30.8. The lowest BCUT2D eigenvalue weighted by Crippen LogP contribution is -3.00. The van der Waals surface area contributed by atoms with Crippen LogP contribution in [-0.4, -0.2) is 98.0 Å². The number of quaternary nitrogens is 2. The van der Waals surface area contributed by atoms with E-state index in [0.29, 0.717) is 0 Å². The molecule has 2 amide bonds. The lowest BCUT2D eigenvalue weighted by molar-refractivity contribution is -0.891. The molecule has 2 heterocycles. The van der Waals surface area contributed by atoms with Crippen molar-refractivity contribution in [3.05, 3.63) is 143 Å². The minimum absolute atomic E-state index is 0. The standard InChI is InChI=1S/C46H56N4O2.2BrH/c1-49(2,33-19-29-47-43(35-37-21-9-7-10-22-37)39-25-13-15-27-41(39)45(47)51)31-17-5-6-18-32-50(3,4)34-20-30-48-44(36-38-23-11-8-12-24-38)40-26-14-16-28-42(40)46(48)52;;/h7-16,21-28,35-36H,5-6,17-20,29-34H2,1-4H3;2*1H/q+2;;/p-2/b43-35-,44-36+;;. The van der Waals surface area contributed by atoms with E-state index >= 15 is 0 Å². The van der Waals surface area contributed by atoms with Crippen molar-refractivity contribution in [2.24, 2.45) is 0 Å². The van der Waals surface area contributed by atoms with E-state index in [0.717, 1.165) is 106 Å². The number of unbranched alkanes of at least 4 members (excludes halogenated alkanes) is 3. The van der Waals surface area contributed by atoms with Crippen LogP contribution in [0.3, 0.4) is 0 Å². The molecule has 0 saturated carbocycles. The van der Waals surface area contributed by atoms with Crippen molar-refractivity contribution in [1.29, 1.82) is 0 Å². The summed E-state index contributed by atoms with van der Waals surface area (Å²) in [6.45, 7) is 5.81. The molecular formula is C46H56Br2N4O2. The molecule has 0 atom stereocenters. The van der Waals surface area contributed by atoms with Gasteiger partial charge in [-0.2, -0.15) is 0 Å². The van der Waals surface area contributed by atoms with Gasteiger partial charge in [0, 0.05) is 48.2 Å². The molecule has 0 bridgehead atoms. The molecule has 0 N–H and O–H groups in total. The Kier molecular flexibility index (Phi) is 15.6. The molecule has 4 aromatic carbocycles. The average Bonchev–Trinajstić information content (AvgIpc) is 3.56. The summed E-state index contributed by atoms with van der Waals surface area (Å²) < 4.78 is 1.93. The van der Waals surface area contributed by atoms with Gasteiger partial charge in [0.1, 0.15) is 0 Å². The molecule has 0 spiro atoms. The van der Waals surface area contributed by atoms with Crippen molar-refractivity contribution in [2.45, 2.75) is 38.5 Å². The monoisotopic (exact) mass is 854 g/mol. The van der Waals surface area contributed by atoms with Crippen LogP contribution >= 0.6 is 0 Å². The topological polar surface area (TPSA) is 40.6 Å². The van der Waals surface area contributed by atoms with Gasteiger partial charge in [-0.25, -0.2) is 0 Å². The first-order chi connectivity index (χ1) is 25.1. The molecule has 0 aromatic heterocycles. The maximum atomic E-state index is 13.4. The highest BCUT2D eigenvalue weighted by Gasteiger charge is 2.33. The first kappa shape index (κ1) is 42.9. The highest BCUT2D eigenvalue weighted by Crippen LogP contribution is 2.35. The van der Waals surface area contributed by atoms with E-state index in [1.807, 2.05) is 82.6 Å². The van der Waals surface area contributed by atoms with Crippen LogP contribution in [0.1, 0.15) is 81.5 Å². The zero-order chi connectivity index (χ0) is 36.6. The Morgan fingerprint density at radius 1 is 0.426 bits per heavy atom. The maximum absolute atomic E-state index is 13.4. The Hall–Kier alpha value is -3.82. The number of benzene rings is 4. The molecule has 0 unspecified atom stereocenters. The quantitative estimate of drug-likeness (QED) is 0.121. The van der Waals surface area contributed by atoms with E-state index in [2.05, 4.69) is 76.7 Å². The van der Waals surface area contributed by atoms with Crippen molar-refractivity contribution in [1.82, 2.24) is 9.80 Å². The van der Waals surface area contributed by atoms with E-state index in [1.54, 1.807) is 0 Å². The number of amides is 2. The molecule has 8 heteroatoms. The van der Waals surface area contributed by atoms with Gasteiger partial charge in [-0.1, -0.05) is 97.1 Å². The molecule has 0 saturated heterocycles. The minimum Gasteiger partial charge on any atom is -1.00 e. The maximum Gasteiger partial charge on any atom is 0.258 e. The van der Waals surface area contributed by atoms with Crippen molar-refractivity contribution in [2.75, 3.05) is 67.5 Å². The third kappa shape index (κ3) is 10.9. The van der Waals surface area contributed by atoms with Gasteiger partial charge in [0.25, 0.3) is 11.8 Å². The summed E-state index contributed by atoms with van der Waals surface area (Å²) in [5, 5.41) is 0. The molecule has 0 aliphatic carbocycles. The Labute approximate surface area is 344 Å². The molecule has 0 fully saturated rings. The summed E-state index contributed by atoms with van der Waals surface area (Å²) in [6.07, 6.45) is 11.1. The van der Waals surface area contributed by atoms with Gasteiger partial charge >= 0.3 is 0 Å². The number of hydrogen-bond acceptors (Lipinski definition) is 2. The second kappa shape index (κ2) is 19.7. The number of hydrogen-bond donors (Lipinski definition) is 0. The number of carbonyl (C=O) groups is 2. The van der Waals surface area contributed by atoms with E-state index in [1.165, 1.54) is 25.7 Å². The average molecular weight is 857 g/mol. The number of rotatable bonds is 17. The Bertz CT molecular complexity index is 1770. The molecule has 2 aliphatic rings. The van der Waals surface area contributed by atoms with Crippen LogP contribution in [0, 0.1) is 0 Å². The highest BCUT2D eigenvalue weighted by molar-refractivity contribution is 6.12.